The molecule has 2 N–H and O–H groups in total. The molecule has 168 valence electrons. The van der Waals surface area contributed by atoms with Crippen LogP contribution < -0.4 is 29.6 Å². The van der Waals surface area contributed by atoms with Crippen LogP contribution in [-0.2, 0) is 6.54 Å². The summed E-state index contributed by atoms with van der Waals surface area (Å²) in [6, 6.07) is 12.6. The molecule has 5 rings (SSSR count). The van der Waals surface area contributed by atoms with Crippen molar-refractivity contribution in [3.8, 4) is 23.1 Å². The fraction of sp³-hybridized carbons (Fsp3) is 0.417. The number of hydrogen-bond donors (Lipinski definition) is 2. The van der Waals surface area contributed by atoms with Crippen molar-refractivity contribution in [2.45, 2.75) is 31.5 Å². The first kappa shape index (κ1) is 20.8. The maximum Gasteiger partial charge on any atom is 0.224 e. The van der Waals surface area contributed by atoms with E-state index in [1.165, 1.54) is 11.9 Å². The Hall–Kier alpha value is -3.10. The molecule has 8 nitrogen and oxygen atoms in total. The van der Waals surface area contributed by atoms with Crippen LogP contribution in [0.3, 0.4) is 0 Å². The Morgan fingerprint density at radius 3 is 2.81 bits per heavy atom. The predicted octanol–water partition coefficient (Wildman–Crippen LogP) is 2.70. The predicted molar refractivity (Wildman–Crippen MR) is 121 cm³/mol. The minimum absolute atomic E-state index is 0.290. The highest BCUT2D eigenvalue weighted by molar-refractivity contribution is 5.84. The average Bonchev–Trinajstić information content (AvgIpc) is 2.86. The Balaban J connectivity index is 1.10. The smallest absolute Gasteiger partial charge is 0.224 e. The third-order valence-corrected chi connectivity index (χ3v) is 5.95. The number of fused-ring (bicyclic) bond motifs is 2. The van der Waals surface area contributed by atoms with E-state index in [-0.39, 0.29) is 6.04 Å². The zero-order valence-corrected chi connectivity index (χ0v) is 18.2. The van der Waals surface area contributed by atoms with Crippen molar-refractivity contribution in [2.75, 3.05) is 33.5 Å². The molecule has 2 aliphatic rings. The van der Waals surface area contributed by atoms with Gasteiger partial charge < -0.3 is 29.6 Å². The van der Waals surface area contributed by atoms with Crippen molar-refractivity contribution >= 4 is 10.9 Å². The summed E-state index contributed by atoms with van der Waals surface area (Å²) in [5, 5.41) is 8.10. The summed E-state index contributed by atoms with van der Waals surface area (Å²) in [6.07, 6.45) is 3.66. The van der Waals surface area contributed by atoms with Crippen molar-refractivity contribution in [1.29, 1.82) is 0 Å². The van der Waals surface area contributed by atoms with Crippen LogP contribution in [0.5, 0.6) is 23.1 Å². The quantitative estimate of drug-likeness (QED) is 0.585. The number of methoxy groups -OCH3 is 1. The van der Waals surface area contributed by atoms with E-state index in [0.717, 1.165) is 54.1 Å². The summed E-state index contributed by atoms with van der Waals surface area (Å²) in [4.78, 5) is 8.63. The molecule has 3 heterocycles. The third-order valence-electron chi connectivity index (χ3n) is 5.95. The van der Waals surface area contributed by atoms with E-state index in [2.05, 4.69) is 32.7 Å². The van der Waals surface area contributed by atoms with E-state index in [0.29, 0.717) is 31.7 Å². The molecule has 3 aromatic rings. The fourth-order valence-corrected chi connectivity index (χ4v) is 4.13. The second-order valence-electron chi connectivity index (χ2n) is 8.11. The SMILES string of the molecule is COc1ccc2ncnc(OC[C@@H]3CC[C@@H](NCc4ccc5c(c4)OCCO5)CN3)c2c1. The van der Waals surface area contributed by atoms with Gasteiger partial charge in [-0.2, -0.15) is 0 Å². The molecule has 2 atom stereocenters. The number of hydrogen-bond acceptors (Lipinski definition) is 8. The second-order valence-corrected chi connectivity index (χ2v) is 8.11. The Morgan fingerprint density at radius 2 is 1.97 bits per heavy atom. The van der Waals surface area contributed by atoms with Gasteiger partial charge in [0.05, 0.1) is 18.0 Å². The molecule has 1 aromatic heterocycles. The minimum Gasteiger partial charge on any atom is -0.497 e. The number of nitrogens with one attached hydrogen (secondary N) is 2. The van der Waals surface area contributed by atoms with E-state index >= 15 is 0 Å². The lowest BCUT2D eigenvalue weighted by molar-refractivity contribution is 0.171. The van der Waals surface area contributed by atoms with Crippen LogP contribution >= 0.6 is 0 Å². The number of nitrogens with zero attached hydrogens (tertiary/aromatic N) is 2. The molecule has 1 fully saturated rings. The number of ether oxygens (including phenoxy) is 4. The van der Waals surface area contributed by atoms with Gasteiger partial charge in [-0.1, -0.05) is 6.07 Å². The van der Waals surface area contributed by atoms with Gasteiger partial charge in [0.15, 0.2) is 11.5 Å². The summed E-state index contributed by atoms with van der Waals surface area (Å²) < 4.78 is 22.7. The van der Waals surface area contributed by atoms with Gasteiger partial charge >= 0.3 is 0 Å². The number of aromatic nitrogens is 2. The third kappa shape index (κ3) is 4.71. The van der Waals surface area contributed by atoms with Gasteiger partial charge in [0.1, 0.15) is 31.9 Å². The lowest BCUT2D eigenvalue weighted by Gasteiger charge is -2.30. The molecule has 0 saturated carbocycles. The summed E-state index contributed by atoms with van der Waals surface area (Å²) in [5.74, 6) is 3.02. The first-order chi connectivity index (χ1) is 15.8. The van der Waals surface area contributed by atoms with Gasteiger partial charge in [0.2, 0.25) is 5.88 Å². The highest BCUT2D eigenvalue weighted by atomic mass is 16.6. The summed E-state index contributed by atoms with van der Waals surface area (Å²) in [7, 11) is 1.65. The maximum absolute atomic E-state index is 6.06. The molecular formula is C24H28N4O4. The normalized spacial score (nSPS) is 20.2. The van der Waals surface area contributed by atoms with Crippen molar-refractivity contribution in [2.24, 2.45) is 0 Å². The van der Waals surface area contributed by atoms with Crippen LogP contribution in [0.4, 0.5) is 0 Å². The van der Waals surface area contributed by atoms with Crippen molar-refractivity contribution < 1.29 is 18.9 Å². The van der Waals surface area contributed by atoms with E-state index in [1.807, 2.05) is 24.3 Å². The molecule has 32 heavy (non-hydrogen) atoms. The molecule has 2 aromatic carbocycles. The van der Waals surface area contributed by atoms with Gasteiger partial charge in [-0.25, -0.2) is 9.97 Å². The fourth-order valence-electron chi connectivity index (χ4n) is 4.13. The summed E-state index contributed by atoms with van der Waals surface area (Å²) >= 11 is 0. The molecule has 8 heteroatoms. The zero-order valence-electron chi connectivity index (χ0n) is 18.2. The van der Waals surface area contributed by atoms with E-state index in [1.54, 1.807) is 7.11 Å². The molecule has 0 amide bonds. The standard InChI is InChI=1S/C24H28N4O4/c1-29-19-5-6-21-20(11-19)24(28-15-27-21)32-14-18-4-3-17(13-26-18)25-12-16-2-7-22-23(10-16)31-9-8-30-22/h2,5-7,10-11,15,17-18,25-26H,3-4,8-9,12-14H2,1H3/t17-,18+/m1/s1. The monoisotopic (exact) mass is 436 g/mol. The number of rotatable bonds is 7. The van der Waals surface area contributed by atoms with Crippen LogP contribution in [0.15, 0.2) is 42.7 Å². The van der Waals surface area contributed by atoms with E-state index in [4.69, 9.17) is 18.9 Å². The van der Waals surface area contributed by atoms with Crippen molar-refractivity contribution in [3.63, 3.8) is 0 Å². The van der Waals surface area contributed by atoms with Gasteiger partial charge in [0, 0.05) is 25.2 Å². The minimum atomic E-state index is 0.290. The molecule has 0 unspecified atom stereocenters. The van der Waals surface area contributed by atoms with Crippen LogP contribution in [0.2, 0.25) is 0 Å². The highest BCUT2D eigenvalue weighted by Crippen LogP contribution is 2.31. The zero-order chi connectivity index (χ0) is 21.8. The van der Waals surface area contributed by atoms with Gasteiger partial charge in [-0.05, 0) is 48.7 Å². The van der Waals surface area contributed by atoms with Crippen LogP contribution in [0, 0.1) is 0 Å². The van der Waals surface area contributed by atoms with Gasteiger partial charge in [0.25, 0.3) is 0 Å². The molecule has 2 aliphatic heterocycles. The van der Waals surface area contributed by atoms with Crippen LogP contribution in [0.25, 0.3) is 10.9 Å². The summed E-state index contributed by atoms with van der Waals surface area (Å²) in [6.45, 7) is 3.50. The Bertz CT molecular complexity index is 1070. The van der Waals surface area contributed by atoms with E-state index < -0.39 is 0 Å². The molecular weight excluding hydrogens is 408 g/mol. The largest absolute Gasteiger partial charge is 0.497 e. The molecule has 0 radical (unpaired) electrons. The molecule has 0 aliphatic carbocycles. The van der Waals surface area contributed by atoms with Gasteiger partial charge in [-0.3, -0.25) is 0 Å². The first-order valence-corrected chi connectivity index (χ1v) is 11.1. The molecule has 0 spiro atoms. The number of piperidine rings is 1. The lowest BCUT2D eigenvalue weighted by Crippen LogP contribution is -2.49. The molecule has 0 bridgehead atoms. The van der Waals surface area contributed by atoms with Crippen LogP contribution in [-0.4, -0.2) is 55.5 Å². The Kier molecular flexibility index (Phi) is 6.22. The Labute approximate surface area is 187 Å². The van der Waals surface area contributed by atoms with Crippen molar-refractivity contribution in [1.82, 2.24) is 20.6 Å². The first-order valence-electron chi connectivity index (χ1n) is 11.1. The lowest BCUT2D eigenvalue weighted by atomic mass is 10.0. The Morgan fingerprint density at radius 1 is 1.06 bits per heavy atom. The van der Waals surface area contributed by atoms with Crippen LogP contribution in [0.1, 0.15) is 18.4 Å². The van der Waals surface area contributed by atoms with Gasteiger partial charge in [-0.15, -0.1) is 0 Å². The maximum atomic E-state index is 6.06. The average molecular weight is 437 g/mol. The van der Waals surface area contributed by atoms with E-state index in [9.17, 15) is 0 Å². The van der Waals surface area contributed by atoms with Crippen molar-refractivity contribution in [3.05, 3.63) is 48.3 Å². The highest BCUT2D eigenvalue weighted by Gasteiger charge is 2.21. The topological polar surface area (TPSA) is 86.8 Å². The second kappa shape index (κ2) is 9.58. The summed E-state index contributed by atoms with van der Waals surface area (Å²) in [5.41, 5.74) is 2.04. The molecule has 1 saturated heterocycles. The number of benzene rings is 2.